The molecule has 2 aromatic carbocycles. The van der Waals surface area contributed by atoms with Gasteiger partial charge >= 0.3 is 5.97 Å². The van der Waals surface area contributed by atoms with Crippen LogP contribution < -0.4 is 9.47 Å². The van der Waals surface area contributed by atoms with Gasteiger partial charge in [-0.2, -0.15) is 0 Å². The molecule has 5 nitrogen and oxygen atoms in total. The second-order valence-electron chi connectivity index (χ2n) is 5.62. The van der Waals surface area contributed by atoms with Crippen LogP contribution in [0.5, 0.6) is 17.2 Å². The molecule has 0 amide bonds. The Hall–Kier alpha value is -3.21. The SMILES string of the molecule is CCOc1ccc(C2=C/C(=C\c3ccc(O)c(OCC)c3)C(=O)O2)cc1. The molecule has 26 heavy (non-hydrogen) atoms. The zero-order valence-electron chi connectivity index (χ0n) is 14.7. The minimum absolute atomic E-state index is 0.0635. The first kappa shape index (κ1) is 17.6. The highest BCUT2D eigenvalue weighted by Crippen LogP contribution is 2.31. The largest absolute Gasteiger partial charge is 0.504 e. The van der Waals surface area contributed by atoms with Crippen molar-refractivity contribution in [2.24, 2.45) is 0 Å². The van der Waals surface area contributed by atoms with E-state index in [1.54, 1.807) is 24.3 Å². The molecule has 2 aromatic rings. The van der Waals surface area contributed by atoms with Gasteiger partial charge in [0.25, 0.3) is 0 Å². The number of hydrogen-bond acceptors (Lipinski definition) is 5. The maximum Gasteiger partial charge on any atom is 0.343 e. The smallest absolute Gasteiger partial charge is 0.343 e. The standard InChI is InChI=1S/C21H20O5/c1-3-24-17-8-6-15(7-9-17)19-13-16(21(23)26-19)11-14-5-10-18(22)20(12-14)25-4-2/h5-13,22H,3-4H2,1-2H3/b16-11+. The van der Waals surface area contributed by atoms with Gasteiger partial charge in [-0.3, -0.25) is 0 Å². The molecule has 0 saturated carbocycles. The Bertz CT molecular complexity index is 862. The third kappa shape index (κ3) is 3.88. The summed E-state index contributed by atoms with van der Waals surface area (Å²) in [6.45, 7) is 4.80. The maximum atomic E-state index is 12.2. The summed E-state index contributed by atoms with van der Waals surface area (Å²) < 4.78 is 16.1. The predicted molar refractivity (Wildman–Crippen MR) is 98.9 cm³/mol. The van der Waals surface area contributed by atoms with Crippen LogP contribution >= 0.6 is 0 Å². The first-order chi connectivity index (χ1) is 12.6. The van der Waals surface area contributed by atoms with Crippen LogP contribution in [0.15, 0.2) is 54.1 Å². The van der Waals surface area contributed by atoms with Crippen LogP contribution in [0.1, 0.15) is 25.0 Å². The third-order valence-electron chi connectivity index (χ3n) is 3.78. The van der Waals surface area contributed by atoms with E-state index in [-0.39, 0.29) is 5.75 Å². The Morgan fingerprint density at radius 1 is 1.04 bits per heavy atom. The van der Waals surface area contributed by atoms with Gasteiger partial charge in [0.1, 0.15) is 11.5 Å². The van der Waals surface area contributed by atoms with Gasteiger partial charge in [0, 0.05) is 5.56 Å². The number of phenolic OH excluding ortho intramolecular Hbond substituents is 1. The lowest BCUT2D eigenvalue weighted by Gasteiger charge is -2.06. The summed E-state index contributed by atoms with van der Waals surface area (Å²) >= 11 is 0. The molecule has 0 atom stereocenters. The average Bonchev–Trinajstić information content (AvgIpc) is 3.00. The number of ether oxygens (including phenoxy) is 3. The van der Waals surface area contributed by atoms with E-state index in [0.29, 0.717) is 30.3 Å². The summed E-state index contributed by atoms with van der Waals surface area (Å²) in [5, 5.41) is 9.77. The topological polar surface area (TPSA) is 65.0 Å². The third-order valence-corrected chi connectivity index (χ3v) is 3.78. The van der Waals surface area contributed by atoms with Crippen molar-refractivity contribution in [3.8, 4) is 17.2 Å². The van der Waals surface area contributed by atoms with E-state index in [0.717, 1.165) is 16.9 Å². The molecule has 1 aliphatic rings. The van der Waals surface area contributed by atoms with Gasteiger partial charge in [-0.1, -0.05) is 6.07 Å². The number of aromatic hydroxyl groups is 1. The fraction of sp³-hybridized carbons (Fsp3) is 0.190. The number of carbonyl (C=O) groups excluding carboxylic acids is 1. The van der Waals surface area contributed by atoms with E-state index in [9.17, 15) is 9.90 Å². The van der Waals surface area contributed by atoms with Gasteiger partial charge in [0.2, 0.25) is 0 Å². The molecular weight excluding hydrogens is 332 g/mol. The van der Waals surface area contributed by atoms with E-state index in [2.05, 4.69) is 0 Å². The summed E-state index contributed by atoms with van der Waals surface area (Å²) in [6.07, 6.45) is 3.40. The molecule has 0 aromatic heterocycles. The van der Waals surface area contributed by atoms with Crippen molar-refractivity contribution in [3.63, 3.8) is 0 Å². The van der Waals surface area contributed by atoms with Crippen molar-refractivity contribution in [1.29, 1.82) is 0 Å². The van der Waals surface area contributed by atoms with Gasteiger partial charge < -0.3 is 19.3 Å². The van der Waals surface area contributed by atoms with Crippen LogP contribution in [0.3, 0.4) is 0 Å². The highest BCUT2D eigenvalue weighted by atomic mass is 16.5. The van der Waals surface area contributed by atoms with Crippen molar-refractivity contribution < 1.29 is 24.1 Å². The summed E-state index contributed by atoms with van der Waals surface area (Å²) in [7, 11) is 0. The number of phenols is 1. The second-order valence-corrected chi connectivity index (χ2v) is 5.62. The van der Waals surface area contributed by atoms with Crippen LogP contribution in [0.25, 0.3) is 11.8 Å². The average molecular weight is 352 g/mol. The lowest BCUT2D eigenvalue weighted by Crippen LogP contribution is -1.97. The number of cyclic esters (lactones) is 1. The summed E-state index contributed by atoms with van der Waals surface area (Å²) in [5.41, 5.74) is 1.97. The number of hydrogen-bond donors (Lipinski definition) is 1. The van der Waals surface area contributed by atoms with Crippen LogP contribution in [0.4, 0.5) is 0 Å². The summed E-state index contributed by atoms with van der Waals surface area (Å²) in [5.74, 6) is 1.29. The van der Waals surface area contributed by atoms with E-state index < -0.39 is 5.97 Å². The van der Waals surface area contributed by atoms with Gasteiger partial charge in [-0.05, 0) is 68.0 Å². The minimum atomic E-state index is -0.417. The lowest BCUT2D eigenvalue weighted by molar-refractivity contribution is -0.130. The molecule has 1 heterocycles. The number of esters is 1. The normalized spacial score (nSPS) is 14.9. The predicted octanol–water partition coefficient (Wildman–Crippen LogP) is 4.17. The highest BCUT2D eigenvalue weighted by molar-refractivity contribution is 6.05. The van der Waals surface area contributed by atoms with E-state index >= 15 is 0 Å². The van der Waals surface area contributed by atoms with Gasteiger partial charge in [0.15, 0.2) is 11.5 Å². The first-order valence-electron chi connectivity index (χ1n) is 8.45. The molecule has 1 N–H and O–H groups in total. The van der Waals surface area contributed by atoms with Gasteiger partial charge in [-0.15, -0.1) is 0 Å². The Morgan fingerprint density at radius 2 is 1.77 bits per heavy atom. The zero-order valence-corrected chi connectivity index (χ0v) is 14.7. The molecule has 0 aliphatic carbocycles. The van der Waals surface area contributed by atoms with Crippen molar-refractivity contribution in [2.45, 2.75) is 13.8 Å². The van der Waals surface area contributed by atoms with Crippen molar-refractivity contribution in [3.05, 3.63) is 65.2 Å². The highest BCUT2D eigenvalue weighted by Gasteiger charge is 2.22. The molecule has 5 heteroatoms. The Balaban J connectivity index is 1.85. The zero-order chi connectivity index (χ0) is 18.5. The number of benzene rings is 2. The summed E-state index contributed by atoms with van der Waals surface area (Å²) in [6, 6.07) is 12.3. The first-order valence-corrected chi connectivity index (χ1v) is 8.45. The van der Waals surface area contributed by atoms with Crippen molar-refractivity contribution in [1.82, 2.24) is 0 Å². The van der Waals surface area contributed by atoms with E-state index in [1.165, 1.54) is 6.07 Å². The minimum Gasteiger partial charge on any atom is -0.504 e. The molecule has 3 rings (SSSR count). The monoisotopic (exact) mass is 352 g/mol. The molecule has 0 spiro atoms. The van der Waals surface area contributed by atoms with E-state index in [1.807, 2.05) is 38.1 Å². The van der Waals surface area contributed by atoms with Gasteiger partial charge in [0.05, 0.1) is 18.8 Å². The molecule has 0 unspecified atom stereocenters. The second kappa shape index (κ2) is 7.78. The molecule has 0 radical (unpaired) electrons. The molecule has 0 bridgehead atoms. The lowest BCUT2D eigenvalue weighted by atomic mass is 10.1. The van der Waals surface area contributed by atoms with Crippen molar-refractivity contribution >= 4 is 17.8 Å². The fourth-order valence-electron chi connectivity index (χ4n) is 2.58. The Labute approximate surface area is 152 Å². The summed E-state index contributed by atoms with van der Waals surface area (Å²) in [4.78, 5) is 12.2. The molecule has 0 saturated heterocycles. The number of carbonyl (C=O) groups is 1. The Morgan fingerprint density at radius 3 is 2.46 bits per heavy atom. The van der Waals surface area contributed by atoms with Crippen molar-refractivity contribution in [2.75, 3.05) is 13.2 Å². The van der Waals surface area contributed by atoms with Crippen LogP contribution in [0, 0.1) is 0 Å². The molecule has 1 aliphatic heterocycles. The molecular formula is C21H20O5. The molecule has 0 fully saturated rings. The van der Waals surface area contributed by atoms with E-state index in [4.69, 9.17) is 14.2 Å². The van der Waals surface area contributed by atoms with Crippen LogP contribution in [0.2, 0.25) is 0 Å². The maximum absolute atomic E-state index is 12.2. The number of rotatable bonds is 6. The quantitative estimate of drug-likeness (QED) is 0.624. The van der Waals surface area contributed by atoms with Gasteiger partial charge in [-0.25, -0.2) is 4.79 Å². The van der Waals surface area contributed by atoms with Crippen LogP contribution in [-0.4, -0.2) is 24.3 Å². The Kier molecular flexibility index (Phi) is 5.27. The molecule has 134 valence electrons. The fourth-order valence-corrected chi connectivity index (χ4v) is 2.58. The van der Waals surface area contributed by atoms with Crippen LogP contribution in [-0.2, 0) is 9.53 Å².